The molecule has 0 fully saturated rings. The van der Waals surface area contributed by atoms with Gasteiger partial charge in [0.25, 0.3) is 0 Å². The first kappa shape index (κ1) is 29.0. The van der Waals surface area contributed by atoms with E-state index in [4.69, 9.17) is 0 Å². The first-order chi connectivity index (χ1) is 18.4. The molecule has 186 valence electrons. The van der Waals surface area contributed by atoms with E-state index >= 15 is 0 Å². The molecule has 4 aromatic rings. The van der Waals surface area contributed by atoms with Gasteiger partial charge in [0.2, 0.25) is 0 Å². The molecule has 0 radical (unpaired) electrons. The summed E-state index contributed by atoms with van der Waals surface area (Å²) in [6.45, 7) is 0. The van der Waals surface area contributed by atoms with Gasteiger partial charge in [-0.3, -0.25) is 29.1 Å². The number of ketones is 4. The third kappa shape index (κ3) is 6.85. The van der Waals surface area contributed by atoms with Crippen LogP contribution in [0.3, 0.4) is 0 Å². The van der Waals surface area contributed by atoms with Gasteiger partial charge in [-0.2, -0.15) is 0 Å². The predicted molar refractivity (Wildman–Crippen MR) is 134 cm³/mol. The molecular weight excluding hydrogens is 597 g/mol. The Morgan fingerprint density at radius 2 is 0.795 bits per heavy atom. The zero-order valence-electron chi connectivity index (χ0n) is 20.4. The largest absolute Gasteiger partial charge is 2.00 e. The Kier molecular flexibility index (Phi) is 9.87. The molecular formula is C30H18CdN2O6. The van der Waals surface area contributed by atoms with Crippen LogP contribution in [0.25, 0.3) is 11.4 Å². The number of fused-ring (bicyclic) bond motifs is 2. The van der Waals surface area contributed by atoms with E-state index in [2.05, 4.69) is 9.97 Å². The van der Waals surface area contributed by atoms with E-state index in [0.29, 0.717) is 11.1 Å². The van der Waals surface area contributed by atoms with E-state index in [1.165, 1.54) is 12.1 Å². The number of nitrogens with zero attached hydrogens (tertiary/aromatic N) is 2. The summed E-state index contributed by atoms with van der Waals surface area (Å²) in [6.07, 6.45) is 5.21. The molecule has 2 aromatic heterocycles. The zero-order chi connectivity index (χ0) is 27.1. The Labute approximate surface area is 243 Å². The number of benzene rings is 2. The number of hydrogen-bond donors (Lipinski definition) is 0. The summed E-state index contributed by atoms with van der Waals surface area (Å²) >= 11 is 0. The first-order valence-corrected chi connectivity index (χ1v) is 11.3. The molecule has 9 heteroatoms. The summed E-state index contributed by atoms with van der Waals surface area (Å²) in [4.78, 5) is 53.3. The van der Waals surface area contributed by atoms with Gasteiger partial charge < -0.3 is 10.2 Å². The van der Waals surface area contributed by atoms with Crippen LogP contribution in [0.15, 0.2) is 121 Å². The second-order valence-corrected chi connectivity index (χ2v) is 7.93. The Hall–Kier alpha value is -4.58. The summed E-state index contributed by atoms with van der Waals surface area (Å²) in [7, 11) is 0. The van der Waals surface area contributed by atoms with Gasteiger partial charge in [0.05, 0.1) is 11.4 Å². The minimum Gasteiger partial charge on any atom is -0.870 e. The van der Waals surface area contributed by atoms with E-state index in [0.717, 1.165) is 23.5 Å². The fourth-order valence-electron chi connectivity index (χ4n) is 3.61. The first-order valence-electron chi connectivity index (χ1n) is 11.3. The van der Waals surface area contributed by atoms with Gasteiger partial charge in [-0.1, -0.05) is 72.2 Å². The van der Waals surface area contributed by atoms with Gasteiger partial charge in [-0.15, -0.1) is 0 Å². The third-order valence-corrected chi connectivity index (χ3v) is 5.44. The molecule has 2 aliphatic carbocycles. The van der Waals surface area contributed by atoms with Gasteiger partial charge in [0.1, 0.15) is 0 Å². The van der Waals surface area contributed by atoms with E-state index in [1.54, 1.807) is 48.8 Å². The third-order valence-electron chi connectivity index (χ3n) is 5.44. The zero-order valence-corrected chi connectivity index (χ0v) is 24.5. The van der Waals surface area contributed by atoms with Crippen molar-refractivity contribution in [3.63, 3.8) is 0 Å². The topological polar surface area (TPSA) is 140 Å². The smallest absolute Gasteiger partial charge is 0.870 e. The van der Waals surface area contributed by atoms with Crippen LogP contribution in [0, 0.1) is 0 Å². The molecule has 0 amide bonds. The van der Waals surface area contributed by atoms with Crippen LogP contribution in [0.5, 0.6) is 0 Å². The summed E-state index contributed by atoms with van der Waals surface area (Å²) in [5, 5.41) is 21.9. The Balaban J connectivity index is 0.000000160. The molecule has 0 N–H and O–H groups in total. The van der Waals surface area contributed by atoms with Crippen molar-refractivity contribution < 1.29 is 56.7 Å². The van der Waals surface area contributed by atoms with Crippen molar-refractivity contribution in [3.05, 3.63) is 143 Å². The Morgan fingerprint density at radius 1 is 0.462 bits per heavy atom. The minimum absolute atomic E-state index is 0. The van der Waals surface area contributed by atoms with Crippen molar-refractivity contribution in [2.75, 3.05) is 0 Å². The number of carbonyl (C=O) groups excluding carboxylic acids is 4. The van der Waals surface area contributed by atoms with Crippen molar-refractivity contribution >= 4 is 23.1 Å². The van der Waals surface area contributed by atoms with Crippen molar-refractivity contribution in [3.8, 4) is 11.4 Å². The average molecular weight is 615 g/mol. The fraction of sp³-hybridized carbons (Fsp3) is 0. The molecule has 8 nitrogen and oxygen atoms in total. The molecule has 0 atom stereocenters. The van der Waals surface area contributed by atoms with Crippen LogP contribution in [0.1, 0.15) is 41.4 Å². The minimum atomic E-state index is -0.733. The number of allylic oxidation sites excluding steroid dienone is 4. The Morgan fingerprint density at radius 3 is 1.13 bits per heavy atom. The average Bonchev–Trinajstić information content (AvgIpc) is 2.96. The molecule has 0 saturated carbocycles. The van der Waals surface area contributed by atoms with Crippen molar-refractivity contribution in [1.29, 1.82) is 0 Å². The van der Waals surface area contributed by atoms with Crippen molar-refractivity contribution in [2.24, 2.45) is 0 Å². The second kappa shape index (κ2) is 13.3. The number of hydrogen-bond acceptors (Lipinski definition) is 8. The molecule has 2 aliphatic rings. The maximum absolute atomic E-state index is 11.2. The maximum atomic E-state index is 11.2. The van der Waals surface area contributed by atoms with E-state index in [-0.39, 0.29) is 50.0 Å². The van der Waals surface area contributed by atoms with Crippen LogP contribution in [-0.2, 0) is 27.3 Å². The maximum Gasteiger partial charge on any atom is 2.00 e. The van der Waals surface area contributed by atoms with Crippen molar-refractivity contribution in [2.45, 2.75) is 0 Å². The van der Waals surface area contributed by atoms with Crippen LogP contribution in [0.2, 0.25) is 0 Å². The van der Waals surface area contributed by atoms with Gasteiger partial charge in [-0.25, -0.2) is 0 Å². The SMILES string of the molecule is O=C1C=C([O-])C(=O)c2ccccc21.O=C1C=C([O-])C(=O)c2ccccc21.[Cd+2].c1ccc(-c2ccccn2)nc1. The van der Waals surface area contributed by atoms with Crippen LogP contribution < -0.4 is 10.2 Å². The summed E-state index contributed by atoms with van der Waals surface area (Å²) in [5.74, 6) is -3.45. The second-order valence-electron chi connectivity index (χ2n) is 7.93. The monoisotopic (exact) mass is 616 g/mol. The van der Waals surface area contributed by atoms with Crippen LogP contribution >= 0.6 is 0 Å². The summed E-state index contributed by atoms with van der Waals surface area (Å²) in [5.41, 5.74) is 2.87. The predicted octanol–water partition coefficient (Wildman–Crippen LogP) is 2.76. The van der Waals surface area contributed by atoms with Gasteiger partial charge in [0.15, 0.2) is 23.1 Å². The quantitative estimate of drug-likeness (QED) is 0.298. The van der Waals surface area contributed by atoms with Crippen LogP contribution in [-0.4, -0.2) is 33.1 Å². The normalized spacial score (nSPS) is 13.1. The summed E-state index contributed by atoms with van der Waals surface area (Å²) in [6, 6.07) is 24.2. The molecule has 0 bridgehead atoms. The molecule has 2 aromatic carbocycles. The molecule has 0 spiro atoms. The number of rotatable bonds is 1. The van der Waals surface area contributed by atoms with Crippen LogP contribution in [0.4, 0.5) is 0 Å². The molecule has 0 unspecified atom stereocenters. The van der Waals surface area contributed by atoms with Gasteiger partial charge in [0, 0.05) is 34.6 Å². The standard InChI is InChI=1S/C10H8N2.2C10H6O3.Cd/c1-3-7-11-9(5-1)10-6-2-4-8-12-10;2*11-8-5-9(12)10(13)7-4-2-1-3-6(7)8;/h1-8H;2*1-5,12H;/q;;;+2/p-2. The van der Waals surface area contributed by atoms with Crippen molar-refractivity contribution in [1.82, 2.24) is 9.97 Å². The summed E-state index contributed by atoms with van der Waals surface area (Å²) < 4.78 is 0. The Bertz CT molecular complexity index is 1480. The fourth-order valence-corrected chi connectivity index (χ4v) is 3.61. The molecule has 2 heterocycles. The molecule has 39 heavy (non-hydrogen) atoms. The molecule has 0 saturated heterocycles. The van der Waals surface area contributed by atoms with E-state index in [9.17, 15) is 29.4 Å². The van der Waals surface area contributed by atoms with E-state index in [1.807, 2.05) is 36.4 Å². The molecule has 6 rings (SSSR count). The number of pyridine rings is 2. The number of Topliss-reactive ketones (excluding diaryl/α,β-unsaturated/α-hetero) is 2. The van der Waals surface area contributed by atoms with Gasteiger partial charge >= 0.3 is 27.3 Å². The number of aromatic nitrogens is 2. The number of carbonyl (C=O) groups is 4. The molecule has 0 aliphatic heterocycles. The van der Waals surface area contributed by atoms with E-state index < -0.39 is 23.1 Å². The van der Waals surface area contributed by atoms with Gasteiger partial charge in [-0.05, 0) is 36.4 Å².